The number of aliphatic hydroxyl groups excluding tert-OH is 1. The number of methoxy groups -OCH3 is 1. The van der Waals surface area contributed by atoms with Crippen LogP contribution in [0.3, 0.4) is 0 Å². The summed E-state index contributed by atoms with van der Waals surface area (Å²) >= 11 is 0. The van der Waals surface area contributed by atoms with Gasteiger partial charge in [0.15, 0.2) is 0 Å². The number of benzene rings is 3. The molecule has 4 heterocycles. The van der Waals surface area contributed by atoms with Crippen LogP contribution in [0.1, 0.15) is 57.8 Å². The highest BCUT2D eigenvalue weighted by Crippen LogP contribution is 2.39. The predicted octanol–water partition coefficient (Wildman–Crippen LogP) is 6.50. The number of aromatic amines is 2. The molecule has 0 unspecified atom stereocenters. The first-order valence-electron chi connectivity index (χ1n) is 20.2. The first-order chi connectivity index (χ1) is 27.6. The molecular formula is C43H55FN8O5Si. The third kappa shape index (κ3) is 8.52. The van der Waals surface area contributed by atoms with Gasteiger partial charge < -0.3 is 35.3 Å². The zero-order valence-corrected chi connectivity index (χ0v) is 35.3. The van der Waals surface area contributed by atoms with Crippen LogP contribution < -0.4 is 10.6 Å². The molecule has 58 heavy (non-hydrogen) atoms. The third-order valence-electron chi connectivity index (χ3n) is 11.7. The van der Waals surface area contributed by atoms with E-state index in [-0.39, 0.29) is 42.4 Å². The Bertz CT molecular complexity index is 2290. The number of ether oxygens (including phenoxy) is 1. The number of imidazole rings is 2. The molecule has 7 rings (SSSR count). The predicted molar refractivity (Wildman–Crippen MR) is 225 cm³/mol. The number of H-pyrrole nitrogens is 2. The summed E-state index contributed by atoms with van der Waals surface area (Å²) in [5.74, 6) is 0.865. The van der Waals surface area contributed by atoms with Crippen molar-refractivity contribution in [2.24, 2.45) is 11.8 Å². The lowest BCUT2D eigenvalue weighted by Crippen LogP contribution is -2.52. The fourth-order valence-electron chi connectivity index (χ4n) is 8.54. The van der Waals surface area contributed by atoms with Crippen LogP contribution >= 0.6 is 0 Å². The number of carbonyl (C=O) groups excluding carboxylic acids is 3. The lowest BCUT2D eigenvalue weighted by molar-refractivity contribution is -0.135. The summed E-state index contributed by atoms with van der Waals surface area (Å²) in [5.41, 5.74) is 5.64. The van der Waals surface area contributed by atoms with Crippen LogP contribution in [-0.2, 0) is 14.3 Å². The van der Waals surface area contributed by atoms with Crippen molar-refractivity contribution in [1.82, 2.24) is 40.4 Å². The Morgan fingerprint density at radius 1 is 0.948 bits per heavy atom. The quantitative estimate of drug-likeness (QED) is 0.0891. The highest BCUT2D eigenvalue weighted by atomic mass is 28.3. The minimum absolute atomic E-state index is 0.0988. The number of nitrogens with zero attached hydrogens (tertiary/aromatic N) is 4. The van der Waals surface area contributed by atoms with Crippen LogP contribution in [0, 0.1) is 11.8 Å². The molecule has 5 aromatic rings. The third-order valence-corrected chi connectivity index (χ3v) is 14.4. The van der Waals surface area contributed by atoms with E-state index in [1.54, 1.807) is 0 Å². The number of aliphatic hydroxyl groups is 1. The lowest BCUT2D eigenvalue weighted by Gasteiger charge is -2.30. The standard InChI is InChI=1S/C43H55FN8O5Si/c1-24(2)34(46-37(54)21-53)20-51-19-30(44)17-35(51)41-47-32-15-13-29-16-28(12-14-31(29)39(32)49-41)26-8-10-27(11-9-26)33-18-45-40(48-33)36-22-58(6,7)23-52(36)42(55)38(25(3)4)50-43(56)57-5/h8-16,18,24-25,30,34-36,38,53H,17,19-23H2,1-7H3,(H,45,48)(H,46,54)(H,47,49)(H,50,56)/t30-,34-,35+,36+,38+/m1/s1. The topological polar surface area (TPSA) is 169 Å². The van der Waals surface area contributed by atoms with E-state index < -0.39 is 38.9 Å². The van der Waals surface area contributed by atoms with Gasteiger partial charge in [0, 0.05) is 37.1 Å². The monoisotopic (exact) mass is 810 g/mol. The Kier molecular flexibility index (Phi) is 11.8. The Labute approximate surface area is 339 Å². The largest absolute Gasteiger partial charge is 0.453 e. The second kappa shape index (κ2) is 16.6. The number of amides is 3. The van der Waals surface area contributed by atoms with Crippen LogP contribution in [0.5, 0.6) is 0 Å². The number of likely N-dealkylation sites (tertiary alicyclic amines) is 1. The second-order valence-electron chi connectivity index (χ2n) is 17.4. The van der Waals surface area contributed by atoms with Crippen molar-refractivity contribution in [3.05, 3.63) is 72.4 Å². The molecule has 2 aliphatic heterocycles. The number of rotatable bonds is 12. The lowest BCUT2D eigenvalue weighted by atomic mass is 9.99. The molecular weight excluding hydrogens is 756 g/mol. The molecule has 0 saturated carbocycles. The molecule has 2 saturated heterocycles. The first-order valence-corrected chi connectivity index (χ1v) is 23.6. The summed E-state index contributed by atoms with van der Waals surface area (Å²) in [5, 5.41) is 16.9. The van der Waals surface area contributed by atoms with Gasteiger partial charge in [-0.1, -0.05) is 83.3 Å². The van der Waals surface area contributed by atoms with Gasteiger partial charge in [-0.15, -0.1) is 0 Å². The molecule has 0 aliphatic carbocycles. The van der Waals surface area contributed by atoms with Gasteiger partial charge in [-0.2, -0.15) is 0 Å². The maximum absolute atomic E-state index is 14.9. The fraction of sp³-hybridized carbons (Fsp3) is 0.465. The van der Waals surface area contributed by atoms with Gasteiger partial charge in [0.05, 0.1) is 50.2 Å². The normalized spacial score (nSPS) is 20.6. The summed E-state index contributed by atoms with van der Waals surface area (Å²) in [7, 11) is -0.457. The highest BCUT2D eigenvalue weighted by molar-refractivity contribution is 6.78. The van der Waals surface area contributed by atoms with Crippen molar-refractivity contribution in [3.8, 4) is 22.4 Å². The van der Waals surface area contributed by atoms with Crippen molar-refractivity contribution in [2.75, 3.05) is 33.0 Å². The van der Waals surface area contributed by atoms with Crippen molar-refractivity contribution in [1.29, 1.82) is 0 Å². The molecule has 5 atom stereocenters. The van der Waals surface area contributed by atoms with Crippen LogP contribution in [0.15, 0.2) is 60.8 Å². The first kappa shape index (κ1) is 41.1. The molecule has 308 valence electrons. The van der Waals surface area contributed by atoms with Gasteiger partial charge >= 0.3 is 6.09 Å². The van der Waals surface area contributed by atoms with Crippen molar-refractivity contribution in [3.63, 3.8) is 0 Å². The van der Waals surface area contributed by atoms with Crippen LogP contribution in [-0.4, -0.2) is 112 Å². The summed E-state index contributed by atoms with van der Waals surface area (Å²) in [6, 6.07) is 18.2. The van der Waals surface area contributed by atoms with Gasteiger partial charge in [0.25, 0.3) is 0 Å². The van der Waals surface area contributed by atoms with E-state index in [2.05, 4.69) is 82.2 Å². The number of hydrogen-bond acceptors (Lipinski definition) is 8. The maximum Gasteiger partial charge on any atom is 0.407 e. The Balaban J connectivity index is 1.08. The van der Waals surface area contributed by atoms with Gasteiger partial charge in [0.2, 0.25) is 11.8 Å². The van der Waals surface area contributed by atoms with E-state index in [0.717, 1.165) is 56.1 Å². The average molecular weight is 811 g/mol. The van der Waals surface area contributed by atoms with Crippen LogP contribution in [0.25, 0.3) is 44.2 Å². The van der Waals surface area contributed by atoms with E-state index >= 15 is 0 Å². The smallest absolute Gasteiger partial charge is 0.407 e. The van der Waals surface area contributed by atoms with E-state index in [1.807, 2.05) is 49.8 Å². The molecule has 15 heteroatoms. The molecule has 0 spiro atoms. The number of fused-ring (bicyclic) bond motifs is 3. The Morgan fingerprint density at radius 3 is 2.36 bits per heavy atom. The van der Waals surface area contributed by atoms with Crippen LogP contribution in [0.2, 0.25) is 19.1 Å². The maximum atomic E-state index is 14.9. The molecule has 13 nitrogen and oxygen atoms in total. The highest BCUT2D eigenvalue weighted by Gasteiger charge is 2.46. The fourth-order valence-corrected chi connectivity index (χ4v) is 11.4. The number of nitrogens with one attached hydrogen (secondary N) is 4. The molecule has 3 amide bonds. The molecule has 2 aliphatic rings. The van der Waals surface area contributed by atoms with E-state index in [1.165, 1.54) is 7.11 Å². The van der Waals surface area contributed by atoms with Crippen molar-refractivity contribution >= 4 is 47.8 Å². The summed E-state index contributed by atoms with van der Waals surface area (Å²) in [6.07, 6.45) is 1.18. The molecule has 0 bridgehead atoms. The van der Waals surface area contributed by atoms with E-state index in [4.69, 9.17) is 14.7 Å². The van der Waals surface area contributed by atoms with Gasteiger partial charge in [-0.25, -0.2) is 19.2 Å². The van der Waals surface area contributed by atoms with Crippen LogP contribution in [0.4, 0.5) is 9.18 Å². The van der Waals surface area contributed by atoms with E-state index in [0.29, 0.717) is 25.0 Å². The SMILES string of the molecule is COC(=O)N[C@H](C(=O)N1C[Si](C)(C)C[C@H]1c1ncc(-c2ccc(-c3ccc4c(ccc5[nH]c([C@@H]6C[C@@H](F)CN6C[C@@H](NC(=O)CO)C(C)C)nc54)c3)cc2)[nH]1)C(C)C. The van der Waals surface area contributed by atoms with Crippen molar-refractivity contribution < 1.29 is 28.6 Å². The number of carbonyl (C=O) groups is 3. The van der Waals surface area contributed by atoms with Gasteiger partial charge in [-0.05, 0) is 52.1 Å². The minimum Gasteiger partial charge on any atom is -0.453 e. The summed E-state index contributed by atoms with van der Waals surface area (Å²) in [4.78, 5) is 58.7. The summed E-state index contributed by atoms with van der Waals surface area (Å²) < 4.78 is 19.7. The van der Waals surface area contributed by atoms with Gasteiger partial charge in [-0.3, -0.25) is 14.5 Å². The molecule has 2 aromatic heterocycles. The summed E-state index contributed by atoms with van der Waals surface area (Å²) in [6.45, 7) is 12.5. The Morgan fingerprint density at radius 2 is 1.67 bits per heavy atom. The zero-order chi connectivity index (χ0) is 41.5. The van der Waals surface area contributed by atoms with Crippen molar-refractivity contribution in [2.45, 2.75) is 83.6 Å². The number of halogens is 1. The minimum atomic E-state index is -1.75. The zero-order valence-electron chi connectivity index (χ0n) is 34.3. The number of aromatic nitrogens is 4. The van der Waals surface area contributed by atoms with E-state index in [9.17, 15) is 23.9 Å². The Hall–Kier alpha value is -5.12. The number of alkyl halides is 1. The number of hydrogen-bond donors (Lipinski definition) is 5. The van der Waals surface area contributed by atoms with Gasteiger partial charge in [0.1, 0.15) is 30.5 Å². The second-order valence-corrected chi connectivity index (χ2v) is 22.4. The molecule has 2 fully saturated rings. The number of alkyl carbamates (subject to hydrolysis) is 1. The molecule has 5 N–H and O–H groups in total. The molecule has 3 aromatic carbocycles. The average Bonchev–Trinajstić information content (AvgIpc) is 4.00. The molecule has 0 radical (unpaired) electrons.